The Morgan fingerprint density at radius 3 is 1.15 bits per heavy atom. The van der Waals surface area contributed by atoms with Crippen molar-refractivity contribution < 1.29 is 4.57 Å². The van der Waals surface area contributed by atoms with E-state index < -0.39 is 0 Å². The van der Waals surface area contributed by atoms with Gasteiger partial charge >= 0.3 is 0 Å². The Hall–Kier alpha value is -0.790. The molecule has 0 amide bonds. The summed E-state index contributed by atoms with van der Waals surface area (Å²) in [6.07, 6.45) is 47.2. The molecule has 2 heteroatoms. The molecule has 1 rings (SSSR count). The van der Waals surface area contributed by atoms with Gasteiger partial charge in [-0.1, -0.05) is 188 Å². The molecule has 2 nitrogen and oxygen atoms in total. The van der Waals surface area contributed by atoms with E-state index in [1.165, 1.54) is 198 Å². The summed E-state index contributed by atoms with van der Waals surface area (Å²) in [6, 6.07) is 0.620. The summed E-state index contributed by atoms with van der Waals surface area (Å²) in [7, 11) is 0. The number of aromatic amines is 1. The molecule has 0 aliphatic carbocycles. The third-order valence-corrected chi connectivity index (χ3v) is 9.64. The van der Waals surface area contributed by atoms with Gasteiger partial charge in [0.1, 0.15) is 12.4 Å². The second-order valence-corrected chi connectivity index (χ2v) is 13.6. The van der Waals surface area contributed by atoms with Crippen LogP contribution in [-0.4, -0.2) is 4.98 Å². The van der Waals surface area contributed by atoms with E-state index in [9.17, 15) is 0 Å². The number of nitrogens with zero attached hydrogens (tertiary/aromatic N) is 1. The molecule has 0 saturated carbocycles. The van der Waals surface area contributed by atoms with Gasteiger partial charge in [-0.2, -0.15) is 0 Å². The van der Waals surface area contributed by atoms with Crippen molar-refractivity contribution in [2.45, 2.75) is 232 Å². The zero-order valence-corrected chi connectivity index (χ0v) is 29.0. The molecule has 0 spiro atoms. The molecule has 0 aromatic carbocycles. The van der Waals surface area contributed by atoms with Crippen molar-refractivity contribution >= 4 is 0 Å². The number of unbranched alkanes of at least 4 members (excludes halogenated alkanes) is 24. The van der Waals surface area contributed by atoms with Crippen molar-refractivity contribution in [2.24, 2.45) is 0 Å². The molecule has 0 aliphatic heterocycles. The number of imidazole rings is 1. The van der Waals surface area contributed by atoms with Crippen molar-refractivity contribution in [3.05, 3.63) is 18.2 Å². The molecule has 1 aromatic heterocycles. The average molecular weight is 574 g/mol. The highest BCUT2D eigenvalue weighted by molar-refractivity contribution is 4.90. The lowest BCUT2D eigenvalue weighted by Gasteiger charge is -2.17. The molecule has 41 heavy (non-hydrogen) atoms. The van der Waals surface area contributed by atoms with E-state index in [0.717, 1.165) is 0 Å². The summed E-state index contributed by atoms with van der Waals surface area (Å²) in [6.45, 7) is 9.41. The zero-order valence-electron chi connectivity index (χ0n) is 29.0. The van der Waals surface area contributed by atoms with E-state index in [0.29, 0.717) is 12.0 Å². The second kappa shape index (κ2) is 29.3. The van der Waals surface area contributed by atoms with Crippen LogP contribution in [0.15, 0.2) is 12.4 Å². The van der Waals surface area contributed by atoms with Gasteiger partial charge in [0, 0.05) is 0 Å². The molecular formula is C39H77N2+. The summed E-state index contributed by atoms with van der Waals surface area (Å²) in [5.41, 5.74) is 0. The fourth-order valence-electron chi connectivity index (χ4n) is 6.78. The molecule has 0 saturated heterocycles. The third kappa shape index (κ3) is 21.5. The van der Waals surface area contributed by atoms with E-state index in [2.05, 4.69) is 49.6 Å². The lowest BCUT2D eigenvalue weighted by Crippen LogP contribution is -2.41. The SMILES string of the molecule is CCCCCCCCCCCC(CCCCCCCCCCC)c1[nH]cc[n+]1C(C)CCCCCCCCCCC. The van der Waals surface area contributed by atoms with Crippen LogP contribution in [0.5, 0.6) is 0 Å². The van der Waals surface area contributed by atoms with E-state index in [-0.39, 0.29) is 0 Å². The van der Waals surface area contributed by atoms with E-state index in [4.69, 9.17) is 0 Å². The predicted octanol–water partition coefficient (Wildman–Crippen LogP) is 13.7. The van der Waals surface area contributed by atoms with Gasteiger partial charge < -0.3 is 0 Å². The zero-order chi connectivity index (χ0) is 29.6. The number of hydrogen-bond acceptors (Lipinski definition) is 0. The van der Waals surface area contributed by atoms with Crippen LogP contribution in [0.3, 0.4) is 0 Å². The van der Waals surface area contributed by atoms with E-state index >= 15 is 0 Å². The third-order valence-electron chi connectivity index (χ3n) is 9.64. The Bertz CT molecular complexity index is 613. The number of nitrogens with one attached hydrogen (secondary N) is 1. The topological polar surface area (TPSA) is 19.7 Å². The van der Waals surface area contributed by atoms with Gasteiger partial charge in [0.25, 0.3) is 5.82 Å². The summed E-state index contributed by atoms with van der Waals surface area (Å²) in [5, 5.41) is 0. The minimum absolute atomic E-state index is 0.620. The van der Waals surface area contributed by atoms with E-state index in [1.807, 2.05) is 0 Å². The van der Waals surface area contributed by atoms with Gasteiger partial charge in [-0.05, 0) is 32.6 Å². The Labute approximate surface area is 259 Å². The van der Waals surface area contributed by atoms with Crippen molar-refractivity contribution in [1.82, 2.24) is 4.98 Å². The van der Waals surface area contributed by atoms with Crippen LogP contribution in [0.25, 0.3) is 0 Å². The summed E-state index contributed by atoms with van der Waals surface area (Å²) in [4.78, 5) is 3.75. The average Bonchev–Trinajstić information content (AvgIpc) is 3.47. The first-order valence-corrected chi connectivity index (χ1v) is 19.3. The fourth-order valence-corrected chi connectivity index (χ4v) is 6.78. The summed E-state index contributed by atoms with van der Waals surface area (Å²) in [5.74, 6) is 2.25. The van der Waals surface area contributed by atoms with Gasteiger partial charge in [0.2, 0.25) is 0 Å². The lowest BCUT2D eigenvalue weighted by molar-refractivity contribution is -0.727. The first-order chi connectivity index (χ1) is 20.2. The highest BCUT2D eigenvalue weighted by Crippen LogP contribution is 2.27. The molecular weight excluding hydrogens is 496 g/mol. The van der Waals surface area contributed by atoms with Crippen LogP contribution in [0.1, 0.15) is 238 Å². The highest BCUT2D eigenvalue weighted by Gasteiger charge is 2.25. The standard InChI is InChI=1S/C39H76N2/c1-5-8-11-14-17-20-23-26-29-32-37(4)41-36-35-40-39(41)38(33-30-27-24-21-18-15-12-9-6-2)34-31-28-25-22-19-16-13-10-7-3/h35-38H,5-34H2,1-4H3/p+1. The predicted molar refractivity (Wildman–Crippen MR) is 184 cm³/mol. The molecule has 0 radical (unpaired) electrons. The maximum Gasteiger partial charge on any atom is 0.257 e. The maximum atomic E-state index is 3.75. The largest absolute Gasteiger partial charge is 0.257 e. The van der Waals surface area contributed by atoms with Crippen LogP contribution in [0.2, 0.25) is 0 Å². The van der Waals surface area contributed by atoms with Gasteiger partial charge in [0.05, 0.1) is 12.0 Å². The van der Waals surface area contributed by atoms with Crippen molar-refractivity contribution in [3.8, 4) is 0 Å². The lowest BCUT2D eigenvalue weighted by atomic mass is 9.92. The number of aromatic nitrogens is 2. The molecule has 242 valence electrons. The Balaban J connectivity index is 2.45. The molecule has 1 atom stereocenters. The quantitative estimate of drug-likeness (QED) is 0.0653. The minimum Gasteiger partial charge on any atom is -0.247 e. The Morgan fingerprint density at radius 2 is 0.780 bits per heavy atom. The fraction of sp³-hybridized carbons (Fsp3) is 0.923. The molecule has 1 unspecified atom stereocenters. The van der Waals surface area contributed by atoms with Crippen LogP contribution >= 0.6 is 0 Å². The second-order valence-electron chi connectivity index (χ2n) is 13.6. The highest BCUT2D eigenvalue weighted by atomic mass is 15.1. The number of hydrogen-bond donors (Lipinski definition) is 1. The first-order valence-electron chi connectivity index (χ1n) is 19.3. The molecule has 0 bridgehead atoms. The van der Waals surface area contributed by atoms with Gasteiger partial charge in [0.15, 0.2) is 0 Å². The maximum absolute atomic E-state index is 3.75. The molecule has 1 aromatic rings. The molecule has 1 heterocycles. The summed E-state index contributed by atoms with van der Waals surface area (Å²) >= 11 is 0. The van der Waals surface area contributed by atoms with Crippen LogP contribution < -0.4 is 4.57 Å². The van der Waals surface area contributed by atoms with Crippen molar-refractivity contribution in [2.75, 3.05) is 0 Å². The Kier molecular flexibility index (Phi) is 27.3. The van der Waals surface area contributed by atoms with Crippen LogP contribution in [-0.2, 0) is 0 Å². The van der Waals surface area contributed by atoms with Crippen LogP contribution in [0, 0.1) is 0 Å². The number of H-pyrrole nitrogens is 1. The number of rotatable bonds is 32. The van der Waals surface area contributed by atoms with Gasteiger partial charge in [-0.3, -0.25) is 0 Å². The van der Waals surface area contributed by atoms with Crippen molar-refractivity contribution in [1.29, 1.82) is 0 Å². The monoisotopic (exact) mass is 574 g/mol. The van der Waals surface area contributed by atoms with E-state index in [1.54, 1.807) is 0 Å². The first kappa shape index (κ1) is 38.2. The normalized spacial score (nSPS) is 12.5. The van der Waals surface area contributed by atoms with Gasteiger partial charge in [-0.25, -0.2) is 9.55 Å². The molecule has 0 aliphatic rings. The smallest absolute Gasteiger partial charge is 0.247 e. The summed E-state index contributed by atoms with van der Waals surface area (Å²) < 4.78 is 2.64. The van der Waals surface area contributed by atoms with Crippen molar-refractivity contribution in [3.63, 3.8) is 0 Å². The van der Waals surface area contributed by atoms with Gasteiger partial charge in [-0.15, -0.1) is 0 Å². The Morgan fingerprint density at radius 1 is 0.463 bits per heavy atom. The minimum atomic E-state index is 0.620. The molecule has 1 N–H and O–H groups in total. The molecule has 0 fully saturated rings. The van der Waals surface area contributed by atoms with Crippen LogP contribution in [0.4, 0.5) is 0 Å².